The third kappa shape index (κ3) is 3.72. The molecule has 3 aromatic rings. The van der Waals surface area contributed by atoms with E-state index in [0.717, 1.165) is 24.0 Å². The van der Waals surface area contributed by atoms with E-state index in [1.54, 1.807) is 18.3 Å². The van der Waals surface area contributed by atoms with Crippen molar-refractivity contribution in [3.05, 3.63) is 81.3 Å². The Labute approximate surface area is 178 Å². The third-order valence-electron chi connectivity index (χ3n) is 4.93. The Balaban J connectivity index is 1.59. The molecule has 2 aromatic carbocycles. The van der Waals surface area contributed by atoms with E-state index < -0.39 is 0 Å². The lowest BCUT2D eigenvalue weighted by Gasteiger charge is -2.26. The lowest BCUT2D eigenvalue weighted by Crippen LogP contribution is -2.30. The average molecular weight is 433 g/mol. The maximum Gasteiger partial charge on any atom is 0.254 e. The fraction of sp³-hybridized carbons (Fsp3) is 0.190. The number of carbonyl (C=O) groups is 1. The molecular weight excluding hydrogens is 417 g/mol. The van der Waals surface area contributed by atoms with Gasteiger partial charge in [0.2, 0.25) is 5.28 Å². The first-order valence-electron chi connectivity index (χ1n) is 8.88. The number of aromatic nitrogens is 2. The average Bonchev–Trinajstić information content (AvgIpc) is 3.17. The quantitative estimate of drug-likeness (QED) is 0.372. The Morgan fingerprint density at radius 1 is 1.04 bits per heavy atom. The van der Waals surface area contributed by atoms with Crippen LogP contribution in [0.5, 0.6) is 0 Å². The molecule has 0 unspecified atom stereocenters. The molecule has 0 spiro atoms. The van der Waals surface area contributed by atoms with Crippen LogP contribution in [0, 0.1) is 0 Å². The normalized spacial score (nSPS) is 16.4. The second kappa shape index (κ2) is 8.08. The highest BCUT2D eigenvalue weighted by molar-refractivity contribution is 6.33. The van der Waals surface area contributed by atoms with Crippen molar-refractivity contribution in [2.75, 3.05) is 6.54 Å². The van der Waals surface area contributed by atoms with Crippen LogP contribution in [0.3, 0.4) is 0 Å². The van der Waals surface area contributed by atoms with E-state index in [0.29, 0.717) is 22.7 Å². The zero-order valence-electron chi connectivity index (χ0n) is 14.8. The van der Waals surface area contributed by atoms with Crippen LogP contribution >= 0.6 is 34.8 Å². The van der Waals surface area contributed by atoms with Gasteiger partial charge < -0.3 is 4.90 Å². The number of benzene rings is 2. The Bertz CT molecular complexity index is 1020. The fourth-order valence-electron chi connectivity index (χ4n) is 3.57. The van der Waals surface area contributed by atoms with Crippen molar-refractivity contribution in [1.82, 2.24) is 14.9 Å². The van der Waals surface area contributed by atoms with Crippen molar-refractivity contribution in [1.29, 1.82) is 0 Å². The van der Waals surface area contributed by atoms with Crippen LogP contribution < -0.4 is 0 Å². The molecule has 0 aliphatic carbocycles. The predicted octanol–water partition coefficient (Wildman–Crippen LogP) is 6.08. The molecule has 1 aliphatic rings. The van der Waals surface area contributed by atoms with Gasteiger partial charge in [0.15, 0.2) is 0 Å². The lowest BCUT2D eigenvalue weighted by molar-refractivity contribution is 0.0736. The number of carbonyl (C=O) groups excluding carboxylic acids is 1. The number of amides is 1. The standard InChI is InChI=1S/C21H16Cl3N3O/c22-17-5-2-1-4-15(17)18-6-3-11-27(18)20(28)14-9-7-13(8-10-14)16-12-25-21(24)26-19(16)23/h1-2,4-5,7-10,12,18H,3,6,11H2/t18-/m1/s1. The summed E-state index contributed by atoms with van der Waals surface area (Å²) in [6.07, 6.45) is 3.44. The van der Waals surface area contributed by atoms with Crippen LogP contribution in [-0.2, 0) is 0 Å². The van der Waals surface area contributed by atoms with Gasteiger partial charge in [-0.1, -0.05) is 53.5 Å². The van der Waals surface area contributed by atoms with Crippen LogP contribution in [0.4, 0.5) is 0 Å². The van der Waals surface area contributed by atoms with Crippen molar-refractivity contribution in [3.8, 4) is 11.1 Å². The van der Waals surface area contributed by atoms with Crippen molar-refractivity contribution >= 4 is 40.7 Å². The molecule has 1 saturated heterocycles. The van der Waals surface area contributed by atoms with E-state index in [-0.39, 0.29) is 22.4 Å². The summed E-state index contributed by atoms with van der Waals surface area (Å²) in [6.45, 7) is 0.716. The Kier molecular flexibility index (Phi) is 5.54. The van der Waals surface area contributed by atoms with Crippen LogP contribution in [0.1, 0.15) is 34.8 Å². The molecule has 1 amide bonds. The Morgan fingerprint density at radius 3 is 2.50 bits per heavy atom. The molecule has 2 heterocycles. The first kappa shape index (κ1) is 19.2. The molecular formula is C21H16Cl3N3O. The lowest BCUT2D eigenvalue weighted by atomic mass is 10.0. The predicted molar refractivity (Wildman–Crippen MR) is 112 cm³/mol. The molecule has 1 atom stereocenters. The maximum atomic E-state index is 13.1. The molecule has 1 aliphatic heterocycles. The number of hydrogen-bond donors (Lipinski definition) is 0. The van der Waals surface area contributed by atoms with Crippen molar-refractivity contribution in [3.63, 3.8) is 0 Å². The van der Waals surface area contributed by atoms with Gasteiger partial charge >= 0.3 is 0 Å². The summed E-state index contributed by atoms with van der Waals surface area (Å²) < 4.78 is 0. The minimum atomic E-state index is -0.00702. The number of nitrogens with zero attached hydrogens (tertiary/aromatic N) is 3. The highest BCUT2D eigenvalue weighted by Gasteiger charge is 2.31. The second-order valence-corrected chi connectivity index (χ2v) is 7.70. The van der Waals surface area contributed by atoms with Crippen LogP contribution in [-0.4, -0.2) is 27.3 Å². The number of likely N-dealkylation sites (tertiary alicyclic amines) is 1. The van der Waals surface area contributed by atoms with E-state index in [2.05, 4.69) is 9.97 Å². The highest BCUT2D eigenvalue weighted by atomic mass is 35.5. The summed E-state index contributed by atoms with van der Waals surface area (Å²) in [6, 6.07) is 15.0. The van der Waals surface area contributed by atoms with Crippen LogP contribution in [0.2, 0.25) is 15.5 Å². The third-order valence-corrected chi connectivity index (χ3v) is 5.75. The van der Waals surface area contributed by atoms with Crippen LogP contribution in [0.15, 0.2) is 54.7 Å². The molecule has 1 aromatic heterocycles. The van der Waals surface area contributed by atoms with Crippen molar-refractivity contribution in [2.45, 2.75) is 18.9 Å². The summed E-state index contributed by atoms with van der Waals surface area (Å²) in [5.41, 5.74) is 3.10. The number of hydrogen-bond acceptors (Lipinski definition) is 3. The zero-order valence-corrected chi connectivity index (χ0v) is 17.0. The van der Waals surface area contributed by atoms with E-state index >= 15 is 0 Å². The van der Waals surface area contributed by atoms with E-state index in [1.165, 1.54) is 0 Å². The molecule has 4 rings (SSSR count). The highest BCUT2D eigenvalue weighted by Crippen LogP contribution is 2.36. The monoisotopic (exact) mass is 431 g/mol. The molecule has 142 valence electrons. The van der Waals surface area contributed by atoms with Gasteiger partial charge in [0, 0.05) is 28.9 Å². The summed E-state index contributed by atoms with van der Waals surface area (Å²) in [7, 11) is 0. The van der Waals surface area contributed by atoms with Gasteiger partial charge in [-0.05, 0) is 53.8 Å². The first-order valence-corrected chi connectivity index (χ1v) is 10.0. The van der Waals surface area contributed by atoms with Gasteiger partial charge in [-0.2, -0.15) is 0 Å². The van der Waals surface area contributed by atoms with Gasteiger partial charge in [-0.25, -0.2) is 9.97 Å². The summed E-state index contributed by atoms with van der Waals surface area (Å²) in [5, 5.41) is 1.07. The summed E-state index contributed by atoms with van der Waals surface area (Å²) in [5.74, 6) is -0.00702. The molecule has 1 fully saturated rings. The SMILES string of the molecule is O=C(c1ccc(-c2cnc(Cl)nc2Cl)cc1)N1CCC[C@@H]1c1ccccc1Cl. The van der Waals surface area contributed by atoms with Gasteiger partial charge in [0.05, 0.1) is 6.04 Å². The van der Waals surface area contributed by atoms with Crippen LogP contribution in [0.25, 0.3) is 11.1 Å². The van der Waals surface area contributed by atoms with E-state index in [1.807, 2.05) is 41.3 Å². The van der Waals surface area contributed by atoms with Gasteiger partial charge in [0.1, 0.15) is 5.15 Å². The van der Waals surface area contributed by atoms with Crippen molar-refractivity contribution in [2.24, 2.45) is 0 Å². The molecule has 0 radical (unpaired) electrons. The topological polar surface area (TPSA) is 46.1 Å². The molecule has 0 bridgehead atoms. The minimum absolute atomic E-state index is 0.0000128. The van der Waals surface area contributed by atoms with Gasteiger partial charge in [-0.15, -0.1) is 0 Å². The largest absolute Gasteiger partial charge is 0.332 e. The van der Waals surface area contributed by atoms with E-state index in [9.17, 15) is 4.79 Å². The molecule has 0 saturated carbocycles. The van der Waals surface area contributed by atoms with Crippen molar-refractivity contribution < 1.29 is 4.79 Å². The number of halogens is 3. The Morgan fingerprint density at radius 2 is 1.79 bits per heavy atom. The minimum Gasteiger partial charge on any atom is -0.332 e. The smallest absolute Gasteiger partial charge is 0.254 e. The summed E-state index contributed by atoms with van der Waals surface area (Å²) >= 11 is 18.3. The van der Waals surface area contributed by atoms with Gasteiger partial charge in [-0.3, -0.25) is 4.79 Å². The zero-order chi connectivity index (χ0) is 19.7. The van der Waals surface area contributed by atoms with Gasteiger partial charge in [0.25, 0.3) is 5.91 Å². The Hall–Kier alpha value is -2.14. The summed E-state index contributed by atoms with van der Waals surface area (Å²) in [4.78, 5) is 22.9. The molecule has 28 heavy (non-hydrogen) atoms. The maximum absolute atomic E-state index is 13.1. The molecule has 7 heteroatoms. The van der Waals surface area contributed by atoms with E-state index in [4.69, 9.17) is 34.8 Å². The molecule has 4 nitrogen and oxygen atoms in total. The fourth-order valence-corrected chi connectivity index (χ4v) is 4.25. The molecule has 0 N–H and O–H groups in total. The first-order chi connectivity index (χ1) is 13.5. The second-order valence-electron chi connectivity index (χ2n) is 6.60. The number of rotatable bonds is 3.